The number of amides is 2. The SMILES string of the molecule is CC(C)NC(=O)Nc1ccn(Cc2ccccc2)n1. The molecule has 5 heteroatoms. The quantitative estimate of drug-likeness (QED) is 0.885. The molecule has 0 spiro atoms. The molecule has 1 heterocycles. The van der Waals surface area contributed by atoms with E-state index >= 15 is 0 Å². The molecule has 0 saturated carbocycles. The molecule has 0 bridgehead atoms. The van der Waals surface area contributed by atoms with Gasteiger partial charge in [0.15, 0.2) is 5.82 Å². The third-order valence-electron chi connectivity index (χ3n) is 2.49. The average molecular weight is 258 g/mol. The molecule has 1 aromatic carbocycles. The van der Waals surface area contributed by atoms with Crippen LogP contribution in [0.1, 0.15) is 19.4 Å². The number of hydrogen-bond acceptors (Lipinski definition) is 2. The summed E-state index contributed by atoms with van der Waals surface area (Å²) in [4.78, 5) is 11.5. The van der Waals surface area contributed by atoms with Crippen LogP contribution in [-0.2, 0) is 6.54 Å². The predicted octanol–water partition coefficient (Wildman–Crippen LogP) is 2.46. The van der Waals surface area contributed by atoms with Gasteiger partial charge in [-0.1, -0.05) is 30.3 Å². The molecule has 2 N–H and O–H groups in total. The number of benzene rings is 1. The summed E-state index contributed by atoms with van der Waals surface area (Å²) < 4.78 is 1.79. The van der Waals surface area contributed by atoms with Crippen molar-refractivity contribution >= 4 is 11.8 Å². The zero-order valence-electron chi connectivity index (χ0n) is 11.1. The fraction of sp³-hybridized carbons (Fsp3) is 0.286. The molecule has 0 atom stereocenters. The summed E-state index contributed by atoms with van der Waals surface area (Å²) in [7, 11) is 0. The van der Waals surface area contributed by atoms with E-state index in [4.69, 9.17) is 0 Å². The van der Waals surface area contributed by atoms with Crippen molar-refractivity contribution in [1.29, 1.82) is 0 Å². The van der Waals surface area contributed by atoms with E-state index in [0.29, 0.717) is 12.4 Å². The van der Waals surface area contributed by atoms with Crippen LogP contribution in [0.3, 0.4) is 0 Å². The van der Waals surface area contributed by atoms with Crippen LogP contribution in [0, 0.1) is 0 Å². The number of anilines is 1. The monoisotopic (exact) mass is 258 g/mol. The lowest BCUT2D eigenvalue weighted by Gasteiger charge is -2.08. The Morgan fingerprint density at radius 3 is 2.68 bits per heavy atom. The zero-order chi connectivity index (χ0) is 13.7. The van der Waals surface area contributed by atoms with Crippen LogP contribution in [0.15, 0.2) is 42.6 Å². The number of rotatable bonds is 4. The molecule has 5 nitrogen and oxygen atoms in total. The Morgan fingerprint density at radius 1 is 1.26 bits per heavy atom. The van der Waals surface area contributed by atoms with Gasteiger partial charge in [0.2, 0.25) is 0 Å². The summed E-state index contributed by atoms with van der Waals surface area (Å²) in [5, 5.41) is 9.75. The van der Waals surface area contributed by atoms with Crippen molar-refractivity contribution in [2.24, 2.45) is 0 Å². The minimum Gasteiger partial charge on any atom is -0.336 e. The summed E-state index contributed by atoms with van der Waals surface area (Å²) in [6.07, 6.45) is 1.85. The molecule has 0 aliphatic rings. The Morgan fingerprint density at radius 2 is 2.00 bits per heavy atom. The smallest absolute Gasteiger partial charge is 0.320 e. The lowest BCUT2D eigenvalue weighted by atomic mass is 10.2. The molecule has 0 fully saturated rings. The Bertz CT molecular complexity index is 533. The predicted molar refractivity (Wildman–Crippen MR) is 75.1 cm³/mol. The van der Waals surface area contributed by atoms with Crippen molar-refractivity contribution in [3.05, 3.63) is 48.2 Å². The largest absolute Gasteiger partial charge is 0.336 e. The molecular formula is C14H18N4O. The molecule has 100 valence electrons. The molecule has 0 radical (unpaired) electrons. The minimum atomic E-state index is -0.236. The number of hydrogen-bond donors (Lipinski definition) is 2. The van der Waals surface area contributed by atoms with Gasteiger partial charge < -0.3 is 5.32 Å². The first kappa shape index (κ1) is 13.1. The van der Waals surface area contributed by atoms with Gasteiger partial charge >= 0.3 is 6.03 Å². The Labute approximate surface area is 112 Å². The van der Waals surface area contributed by atoms with Gasteiger partial charge in [0, 0.05) is 18.3 Å². The number of carbonyl (C=O) groups excluding carboxylic acids is 1. The molecule has 2 aromatic rings. The van der Waals surface area contributed by atoms with E-state index in [0.717, 1.165) is 0 Å². The highest BCUT2D eigenvalue weighted by molar-refractivity contribution is 5.88. The number of urea groups is 1. The van der Waals surface area contributed by atoms with Crippen molar-refractivity contribution < 1.29 is 4.79 Å². The Hall–Kier alpha value is -2.30. The molecule has 2 rings (SSSR count). The van der Waals surface area contributed by atoms with Crippen LogP contribution in [0.4, 0.5) is 10.6 Å². The molecule has 0 unspecified atom stereocenters. The van der Waals surface area contributed by atoms with Gasteiger partial charge in [-0.3, -0.25) is 10.00 Å². The maximum atomic E-state index is 11.5. The Kier molecular flexibility index (Phi) is 4.18. The third kappa shape index (κ3) is 4.13. The van der Waals surface area contributed by atoms with Gasteiger partial charge in [-0.05, 0) is 19.4 Å². The lowest BCUT2D eigenvalue weighted by Crippen LogP contribution is -2.34. The van der Waals surface area contributed by atoms with Crippen LogP contribution in [-0.4, -0.2) is 21.9 Å². The first-order valence-electron chi connectivity index (χ1n) is 6.28. The molecule has 0 aliphatic heterocycles. The average Bonchev–Trinajstić information content (AvgIpc) is 2.76. The van der Waals surface area contributed by atoms with Gasteiger partial charge in [-0.15, -0.1) is 0 Å². The van der Waals surface area contributed by atoms with E-state index in [2.05, 4.69) is 15.7 Å². The van der Waals surface area contributed by atoms with Gasteiger partial charge in [0.25, 0.3) is 0 Å². The second-order valence-corrected chi connectivity index (χ2v) is 4.64. The van der Waals surface area contributed by atoms with E-state index in [-0.39, 0.29) is 12.1 Å². The summed E-state index contributed by atoms with van der Waals surface area (Å²) >= 11 is 0. The van der Waals surface area contributed by atoms with Crippen LogP contribution >= 0.6 is 0 Å². The van der Waals surface area contributed by atoms with Crippen LogP contribution in [0.25, 0.3) is 0 Å². The first-order valence-corrected chi connectivity index (χ1v) is 6.28. The maximum absolute atomic E-state index is 11.5. The second-order valence-electron chi connectivity index (χ2n) is 4.64. The van der Waals surface area contributed by atoms with E-state index in [9.17, 15) is 4.79 Å². The zero-order valence-corrected chi connectivity index (χ0v) is 11.1. The highest BCUT2D eigenvalue weighted by Crippen LogP contribution is 2.06. The van der Waals surface area contributed by atoms with Crippen molar-refractivity contribution in [1.82, 2.24) is 15.1 Å². The standard InChI is InChI=1S/C14H18N4O/c1-11(2)15-14(19)16-13-8-9-18(17-13)10-12-6-4-3-5-7-12/h3-9,11H,10H2,1-2H3,(H2,15,16,17,19). The Balaban J connectivity index is 1.94. The number of aromatic nitrogens is 2. The lowest BCUT2D eigenvalue weighted by molar-refractivity contribution is 0.250. The highest BCUT2D eigenvalue weighted by Gasteiger charge is 2.05. The second kappa shape index (κ2) is 6.04. The van der Waals surface area contributed by atoms with Crippen molar-refractivity contribution in [3.63, 3.8) is 0 Å². The van der Waals surface area contributed by atoms with E-state index in [1.165, 1.54) is 5.56 Å². The molecular weight excluding hydrogens is 240 g/mol. The summed E-state index contributed by atoms with van der Waals surface area (Å²) in [6.45, 7) is 4.51. The van der Waals surface area contributed by atoms with E-state index in [1.54, 1.807) is 10.7 Å². The van der Waals surface area contributed by atoms with Gasteiger partial charge in [0.1, 0.15) is 0 Å². The van der Waals surface area contributed by atoms with E-state index < -0.39 is 0 Å². The topological polar surface area (TPSA) is 59.0 Å². The number of nitrogens with one attached hydrogen (secondary N) is 2. The van der Waals surface area contributed by atoms with Gasteiger partial charge in [-0.2, -0.15) is 5.10 Å². The van der Waals surface area contributed by atoms with Gasteiger partial charge in [-0.25, -0.2) is 4.79 Å². The molecule has 0 aliphatic carbocycles. The first-order chi connectivity index (χ1) is 9.13. The third-order valence-corrected chi connectivity index (χ3v) is 2.49. The summed E-state index contributed by atoms with van der Waals surface area (Å²) in [6, 6.07) is 11.7. The summed E-state index contributed by atoms with van der Waals surface area (Å²) in [5.74, 6) is 0.550. The highest BCUT2D eigenvalue weighted by atomic mass is 16.2. The molecule has 0 saturated heterocycles. The molecule has 1 aromatic heterocycles. The van der Waals surface area contributed by atoms with Crippen molar-refractivity contribution in [3.8, 4) is 0 Å². The minimum absolute atomic E-state index is 0.103. The van der Waals surface area contributed by atoms with Crippen molar-refractivity contribution in [2.45, 2.75) is 26.4 Å². The summed E-state index contributed by atoms with van der Waals surface area (Å²) in [5.41, 5.74) is 1.17. The molecule has 19 heavy (non-hydrogen) atoms. The fourth-order valence-corrected chi connectivity index (χ4v) is 1.70. The maximum Gasteiger partial charge on any atom is 0.320 e. The fourth-order valence-electron chi connectivity index (χ4n) is 1.70. The van der Waals surface area contributed by atoms with Crippen LogP contribution in [0.5, 0.6) is 0 Å². The van der Waals surface area contributed by atoms with E-state index in [1.807, 2.05) is 50.4 Å². The number of nitrogens with zero attached hydrogens (tertiary/aromatic N) is 2. The normalized spacial score (nSPS) is 10.5. The van der Waals surface area contributed by atoms with Gasteiger partial charge in [0.05, 0.1) is 6.54 Å². The molecule has 2 amide bonds. The van der Waals surface area contributed by atoms with Crippen LogP contribution < -0.4 is 10.6 Å². The van der Waals surface area contributed by atoms with Crippen molar-refractivity contribution in [2.75, 3.05) is 5.32 Å². The number of carbonyl (C=O) groups is 1. The van der Waals surface area contributed by atoms with Crippen LogP contribution in [0.2, 0.25) is 0 Å².